The summed E-state index contributed by atoms with van der Waals surface area (Å²) in [6.07, 6.45) is 4.36. The quantitative estimate of drug-likeness (QED) is 0.863. The molecule has 2 N–H and O–H groups in total. The van der Waals surface area contributed by atoms with Gasteiger partial charge in [-0.3, -0.25) is 9.78 Å². The molecule has 0 saturated carbocycles. The Bertz CT molecular complexity index is 524. The van der Waals surface area contributed by atoms with Crippen LogP contribution in [0.3, 0.4) is 0 Å². The van der Waals surface area contributed by atoms with Gasteiger partial charge < -0.3 is 10.4 Å². The Kier molecular flexibility index (Phi) is 4.64. The standard InChI is InChI=1S/C15H16N2O2/c18-10-2-4-15(19)17-14-7-5-12(6-8-14)13-3-1-9-16-11-13/h1,3,5-9,11,18H,2,4,10H2,(H,17,19). The summed E-state index contributed by atoms with van der Waals surface area (Å²) >= 11 is 0. The van der Waals surface area contributed by atoms with Crippen LogP contribution in [-0.2, 0) is 4.79 Å². The minimum atomic E-state index is -0.0804. The number of rotatable bonds is 5. The lowest BCUT2D eigenvalue weighted by atomic mass is 10.1. The molecule has 0 radical (unpaired) electrons. The zero-order chi connectivity index (χ0) is 13.5. The first kappa shape index (κ1) is 13.2. The predicted octanol–water partition coefficient (Wildman–Crippen LogP) is 2.46. The minimum absolute atomic E-state index is 0.0351. The van der Waals surface area contributed by atoms with Crippen LogP contribution in [0.25, 0.3) is 11.1 Å². The molecule has 1 aromatic carbocycles. The van der Waals surface area contributed by atoms with Gasteiger partial charge in [-0.25, -0.2) is 0 Å². The number of aromatic nitrogens is 1. The first-order chi connectivity index (χ1) is 9.29. The average molecular weight is 256 g/mol. The fourth-order valence-electron chi connectivity index (χ4n) is 1.74. The second-order valence-corrected chi connectivity index (χ2v) is 4.19. The number of hydrogen-bond acceptors (Lipinski definition) is 3. The molecule has 0 aliphatic carbocycles. The van der Waals surface area contributed by atoms with Crippen molar-refractivity contribution in [1.82, 2.24) is 4.98 Å². The highest BCUT2D eigenvalue weighted by molar-refractivity contribution is 5.90. The van der Waals surface area contributed by atoms with Crippen molar-refractivity contribution in [2.75, 3.05) is 11.9 Å². The summed E-state index contributed by atoms with van der Waals surface area (Å²) in [5.74, 6) is -0.0804. The average Bonchev–Trinajstić information content (AvgIpc) is 2.47. The number of aliphatic hydroxyl groups is 1. The van der Waals surface area contributed by atoms with Crippen molar-refractivity contribution in [3.63, 3.8) is 0 Å². The summed E-state index contributed by atoms with van der Waals surface area (Å²) in [4.78, 5) is 15.6. The number of nitrogens with one attached hydrogen (secondary N) is 1. The maximum Gasteiger partial charge on any atom is 0.224 e. The number of hydrogen-bond donors (Lipinski definition) is 2. The Morgan fingerprint density at radius 2 is 1.95 bits per heavy atom. The first-order valence-corrected chi connectivity index (χ1v) is 6.21. The van der Waals surface area contributed by atoms with Crippen LogP contribution in [0.2, 0.25) is 0 Å². The van der Waals surface area contributed by atoms with E-state index in [1.807, 2.05) is 36.4 Å². The SMILES string of the molecule is O=C(CCCO)Nc1ccc(-c2cccnc2)cc1. The molecule has 0 fully saturated rings. The third-order valence-electron chi connectivity index (χ3n) is 2.73. The Morgan fingerprint density at radius 3 is 2.58 bits per heavy atom. The van der Waals surface area contributed by atoms with Gasteiger partial charge in [-0.1, -0.05) is 18.2 Å². The molecule has 4 nitrogen and oxygen atoms in total. The van der Waals surface area contributed by atoms with Crippen molar-refractivity contribution in [3.05, 3.63) is 48.8 Å². The molecule has 4 heteroatoms. The fourth-order valence-corrected chi connectivity index (χ4v) is 1.74. The van der Waals surface area contributed by atoms with Gasteiger partial charge in [0.15, 0.2) is 0 Å². The molecular weight excluding hydrogens is 240 g/mol. The Hall–Kier alpha value is -2.20. The molecule has 19 heavy (non-hydrogen) atoms. The molecule has 0 aliphatic rings. The second-order valence-electron chi connectivity index (χ2n) is 4.19. The topological polar surface area (TPSA) is 62.2 Å². The smallest absolute Gasteiger partial charge is 0.224 e. The number of carbonyl (C=O) groups excluding carboxylic acids is 1. The molecule has 1 amide bonds. The fraction of sp³-hybridized carbons (Fsp3) is 0.200. The summed E-state index contributed by atoms with van der Waals surface area (Å²) in [6.45, 7) is 0.0351. The van der Waals surface area contributed by atoms with Crippen molar-refractivity contribution in [2.24, 2.45) is 0 Å². The summed E-state index contributed by atoms with van der Waals surface area (Å²) in [7, 11) is 0. The molecule has 1 aromatic heterocycles. The highest BCUT2D eigenvalue weighted by atomic mass is 16.3. The second kappa shape index (κ2) is 6.66. The lowest BCUT2D eigenvalue weighted by Gasteiger charge is -2.06. The molecule has 1 heterocycles. The van der Waals surface area contributed by atoms with E-state index in [-0.39, 0.29) is 12.5 Å². The molecule has 2 rings (SSSR count). The molecule has 0 saturated heterocycles. The van der Waals surface area contributed by atoms with Gasteiger partial charge in [-0.15, -0.1) is 0 Å². The van der Waals surface area contributed by atoms with Crippen molar-refractivity contribution in [3.8, 4) is 11.1 Å². The molecule has 0 aliphatic heterocycles. The summed E-state index contributed by atoms with van der Waals surface area (Å²) in [5.41, 5.74) is 2.86. The van der Waals surface area contributed by atoms with Gasteiger partial charge in [0.25, 0.3) is 0 Å². The van der Waals surface area contributed by atoms with Crippen LogP contribution < -0.4 is 5.32 Å². The van der Waals surface area contributed by atoms with Crippen molar-refractivity contribution in [1.29, 1.82) is 0 Å². The van der Waals surface area contributed by atoms with Gasteiger partial charge in [0, 0.05) is 31.1 Å². The number of aliphatic hydroxyl groups excluding tert-OH is 1. The monoisotopic (exact) mass is 256 g/mol. The van der Waals surface area contributed by atoms with E-state index in [9.17, 15) is 4.79 Å². The molecule has 0 bridgehead atoms. The predicted molar refractivity (Wildman–Crippen MR) is 74.6 cm³/mol. The van der Waals surface area contributed by atoms with E-state index in [0.29, 0.717) is 12.8 Å². The maximum atomic E-state index is 11.5. The third kappa shape index (κ3) is 3.89. The summed E-state index contributed by atoms with van der Waals surface area (Å²) in [6, 6.07) is 11.5. The number of nitrogens with zero attached hydrogens (tertiary/aromatic N) is 1. The largest absolute Gasteiger partial charge is 0.396 e. The van der Waals surface area contributed by atoms with Crippen LogP contribution >= 0.6 is 0 Å². The van der Waals surface area contributed by atoms with E-state index >= 15 is 0 Å². The van der Waals surface area contributed by atoms with Gasteiger partial charge >= 0.3 is 0 Å². The molecular formula is C15H16N2O2. The normalized spacial score (nSPS) is 10.2. The Balaban J connectivity index is 2.01. The number of pyridine rings is 1. The van der Waals surface area contributed by atoms with Crippen molar-refractivity contribution < 1.29 is 9.90 Å². The molecule has 0 unspecified atom stereocenters. The highest BCUT2D eigenvalue weighted by Gasteiger charge is 2.02. The summed E-state index contributed by atoms with van der Waals surface area (Å²) in [5, 5.41) is 11.4. The number of anilines is 1. The Morgan fingerprint density at radius 1 is 1.16 bits per heavy atom. The summed E-state index contributed by atoms with van der Waals surface area (Å²) < 4.78 is 0. The molecule has 98 valence electrons. The van der Waals surface area contributed by atoms with E-state index in [2.05, 4.69) is 10.3 Å². The number of carbonyl (C=O) groups is 1. The first-order valence-electron chi connectivity index (χ1n) is 6.21. The van der Waals surface area contributed by atoms with E-state index in [0.717, 1.165) is 16.8 Å². The van der Waals surface area contributed by atoms with E-state index < -0.39 is 0 Å². The van der Waals surface area contributed by atoms with Crippen molar-refractivity contribution in [2.45, 2.75) is 12.8 Å². The van der Waals surface area contributed by atoms with Crippen LogP contribution in [0.1, 0.15) is 12.8 Å². The zero-order valence-electron chi connectivity index (χ0n) is 10.5. The third-order valence-corrected chi connectivity index (χ3v) is 2.73. The van der Waals surface area contributed by atoms with Gasteiger partial charge in [-0.05, 0) is 35.7 Å². The zero-order valence-corrected chi connectivity index (χ0v) is 10.5. The lowest BCUT2D eigenvalue weighted by Crippen LogP contribution is -2.11. The molecule has 0 atom stereocenters. The van der Waals surface area contributed by atoms with Gasteiger partial charge in [-0.2, -0.15) is 0 Å². The number of amides is 1. The van der Waals surface area contributed by atoms with Crippen LogP contribution in [0.15, 0.2) is 48.8 Å². The minimum Gasteiger partial charge on any atom is -0.396 e. The van der Waals surface area contributed by atoms with E-state index in [1.165, 1.54) is 0 Å². The van der Waals surface area contributed by atoms with Crippen LogP contribution in [0.5, 0.6) is 0 Å². The van der Waals surface area contributed by atoms with Gasteiger partial charge in [0.1, 0.15) is 0 Å². The lowest BCUT2D eigenvalue weighted by molar-refractivity contribution is -0.116. The van der Waals surface area contributed by atoms with Crippen LogP contribution in [0, 0.1) is 0 Å². The Labute approximate surface area is 112 Å². The van der Waals surface area contributed by atoms with Gasteiger partial charge in [0.05, 0.1) is 0 Å². The molecule has 0 spiro atoms. The maximum absolute atomic E-state index is 11.5. The molecule has 2 aromatic rings. The van der Waals surface area contributed by atoms with Crippen molar-refractivity contribution >= 4 is 11.6 Å². The van der Waals surface area contributed by atoms with Gasteiger partial charge in [0.2, 0.25) is 5.91 Å². The van der Waals surface area contributed by atoms with E-state index in [1.54, 1.807) is 12.4 Å². The van der Waals surface area contributed by atoms with E-state index in [4.69, 9.17) is 5.11 Å². The van der Waals surface area contributed by atoms with Crippen LogP contribution in [-0.4, -0.2) is 22.6 Å². The number of benzene rings is 1. The highest BCUT2D eigenvalue weighted by Crippen LogP contribution is 2.20. The van der Waals surface area contributed by atoms with Crippen LogP contribution in [0.4, 0.5) is 5.69 Å².